The monoisotopic (exact) mass is 462 g/mol. The lowest BCUT2D eigenvalue weighted by Crippen LogP contribution is -2.55. The van der Waals surface area contributed by atoms with Crippen LogP contribution in [-0.2, 0) is 15.9 Å². The number of fused-ring (bicyclic) bond motifs is 1. The van der Waals surface area contributed by atoms with Crippen LogP contribution in [0.3, 0.4) is 0 Å². The third-order valence-corrected chi connectivity index (χ3v) is 7.25. The van der Waals surface area contributed by atoms with Crippen molar-refractivity contribution in [3.05, 3.63) is 42.5 Å². The van der Waals surface area contributed by atoms with Crippen LogP contribution in [0.1, 0.15) is 31.9 Å². The molecule has 1 saturated carbocycles. The molecule has 0 unspecified atom stereocenters. The van der Waals surface area contributed by atoms with Gasteiger partial charge < -0.3 is 19.3 Å². The van der Waals surface area contributed by atoms with Gasteiger partial charge >= 0.3 is 6.09 Å². The maximum absolute atomic E-state index is 12.5. The van der Waals surface area contributed by atoms with E-state index in [9.17, 15) is 4.79 Å². The first kappa shape index (κ1) is 21.3. The predicted molar refractivity (Wildman–Crippen MR) is 127 cm³/mol. The molecule has 0 aromatic carbocycles. The van der Waals surface area contributed by atoms with Gasteiger partial charge in [0.2, 0.25) is 0 Å². The highest BCUT2D eigenvalue weighted by molar-refractivity contribution is 5.79. The Balaban J connectivity index is 1.19. The number of anilines is 1. The summed E-state index contributed by atoms with van der Waals surface area (Å²) in [5.41, 5.74) is 3.62. The second-order valence-corrected chi connectivity index (χ2v) is 9.90. The van der Waals surface area contributed by atoms with E-state index in [2.05, 4.69) is 16.1 Å². The highest BCUT2D eigenvalue weighted by Gasteiger charge is 2.39. The van der Waals surface area contributed by atoms with E-state index in [-0.39, 0.29) is 6.09 Å². The summed E-state index contributed by atoms with van der Waals surface area (Å²) in [6, 6.07) is 6.11. The van der Waals surface area contributed by atoms with Gasteiger partial charge in [0, 0.05) is 55.4 Å². The minimum atomic E-state index is -0.483. The molecule has 1 aliphatic carbocycles. The molecule has 3 fully saturated rings. The molecule has 3 aliphatic rings. The molecule has 6 rings (SSSR count). The Morgan fingerprint density at radius 1 is 1.18 bits per heavy atom. The molecule has 0 bridgehead atoms. The Bertz CT molecular complexity index is 1190. The molecule has 2 saturated heterocycles. The molecule has 3 aromatic heterocycles. The number of amides is 1. The molecule has 34 heavy (non-hydrogen) atoms. The van der Waals surface area contributed by atoms with Crippen molar-refractivity contribution in [2.75, 3.05) is 44.3 Å². The average molecular weight is 463 g/mol. The van der Waals surface area contributed by atoms with Gasteiger partial charge in [0.1, 0.15) is 5.82 Å². The van der Waals surface area contributed by atoms with Gasteiger partial charge in [0.25, 0.3) is 0 Å². The number of pyridine rings is 1. The van der Waals surface area contributed by atoms with Crippen LogP contribution in [0.15, 0.2) is 36.8 Å². The zero-order valence-electron chi connectivity index (χ0n) is 19.5. The molecule has 178 valence electrons. The standard InChI is InChI=1S/C25H30N6O3/c1-25(16-33-17-25)34-24(32)30-12-10-29(11-13-30)22-7-9-31-23(28-22)20(15-27-31)19-6-3-8-26-21(19)14-18-4-2-5-18/h3,6-9,15,18H,2,4-5,10-14,16-17H2,1H3. The van der Waals surface area contributed by atoms with Gasteiger partial charge in [-0.2, -0.15) is 5.10 Å². The largest absolute Gasteiger partial charge is 0.438 e. The van der Waals surface area contributed by atoms with Crippen molar-refractivity contribution in [2.45, 2.75) is 38.2 Å². The van der Waals surface area contributed by atoms with Crippen LogP contribution in [-0.4, -0.2) is 75.6 Å². The second kappa shape index (κ2) is 8.54. The first-order chi connectivity index (χ1) is 16.6. The number of carbonyl (C=O) groups is 1. The number of carbonyl (C=O) groups excluding carboxylic acids is 1. The lowest BCUT2D eigenvalue weighted by molar-refractivity contribution is -0.172. The number of nitrogens with zero attached hydrogens (tertiary/aromatic N) is 6. The van der Waals surface area contributed by atoms with Gasteiger partial charge in [-0.3, -0.25) is 4.98 Å². The second-order valence-electron chi connectivity index (χ2n) is 9.90. The van der Waals surface area contributed by atoms with Gasteiger partial charge in [0.05, 0.1) is 19.4 Å². The Morgan fingerprint density at radius 2 is 2.00 bits per heavy atom. The minimum absolute atomic E-state index is 0.262. The van der Waals surface area contributed by atoms with Crippen LogP contribution in [0.4, 0.5) is 10.6 Å². The predicted octanol–water partition coefficient (Wildman–Crippen LogP) is 3.18. The third kappa shape index (κ3) is 3.98. The zero-order chi connectivity index (χ0) is 23.1. The molecule has 0 spiro atoms. The summed E-state index contributed by atoms with van der Waals surface area (Å²) in [6.45, 7) is 5.45. The van der Waals surface area contributed by atoms with Crippen molar-refractivity contribution in [2.24, 2.45) is 5.92 Å². The molecule has 1 amide bonds. The molecule has 9 heteroatoms. The van der Waals surface area contributed by atoms with Gasteiger partial charge in [-0.05, 0) is 31.4 Å². The Hall–Kier alpha value is -3.20. The maximum atomic E-state index is 12.5. The van der Waals surface area contributed by atoms with E-state index in [4.69, 9.17) is 19.4 Å². The van der Waals surface area contributed by atoms with Gasteiger partial charge in [-0.15, -0.1) is 0 Å². The van der Waals surface area contributed by atoms with E-state index in [1.807, 2.05) is 42.2 Å². The summed E-state index contributed by atoms with van der Waals surface area (Å²) < 4.78 is 12.6. The van der Waals surface area contributed by atoms with Crippen LogP contribution in [0.25, 0.3) is 16.8 Å². The number of hydrogen-bond acceptors (Lipinski definition) is 7. The lowest BCUT2D eigenvalue weighted by Gasteiger charge is -2.40. The summed E-state index contributed by atoms with van der Waals surface area (Å²) in [7, 11) is 0. The quantitative estimate of drug-likeness (QED) is 0.576. The fourth-order valence-corrected chi connectivity index (χ4v) is 4.88. The lowest BCUT2D eigenvalue weighted by atomic mass is 9.81. The normalized spacial score (nSPS) is 20.1. The average Bonchev–Trinajstić information content (AvgIpc) is 3.24. The van der Waals surface area contributed by atoms with Gasteiger partial charge in [-0.1, -0.05) is 25.3 Å². The zero-order valence-corrected chi connectivity index (χ0v) is 19.5. The fourth-order valence-electron chi connectivity index (χ4n) is 4.88. The molecular weight excluding hydrogens is 432 g/mol. The van der Waals surface area contributed by atoms with Gasteiger partial charge in [0.15, 0.2) is 11.2 Å². The highest BCUT2D eigenvalue weighted by Crippen LogP contribution is 2.34. The number of piperazine rings is 1. The van der Waals surface area contributed by atoms with Crippen molar-refractivity contribution in [3.63, 3.8) is 0 Å². The van der Waals surface area contributed by atoms with Crippen LogP contribution in [0, 0.1) is 5.92 Å². The molecule has 3 aromatic rings. The van der Waals surface area contributed by atoms with E-state index < -0.39 is 5.60 Å². The SMILES string of the molecule is CC1(OC(=O)N2CCN(c3ccn4ncc(-c5cccnc5CC5CCC5)c4n3)CC2)COC1. The summed E-state index contributed by atoms with van der Waals surface area (Å²) in [6.07, 6.45) is 10.4. The molecular formula is C25H30N6O3. The molecule has 9 nitrogen and oxygen atoms in total. The number of aromatic nitrogens is 4. The number of ether oxygens (including phenoxy) is 2. The summed E-state index contributed by atoms with van der Waals surface area (Å²) in [5, 5.41) is 4.55. The van der Waals surface area contributed by atoms with Gasteiger partial charge in [-0.25, -0.2) is 14.3 Å². The molecule has 0 radical (unpaired) electrons. The third-order valence-electron chi connectivity index (χ3n) is 7.25. The van der Waals surface area contributed by atoms with E-state index in [0.29, 0.717) is 39.4 Å². The van der Waals surface area contributed by atoms with Crippen LogP contribution in [0.5, 0.6) is 0 Å². The van der Waals surface area contributed by atoms with Crippen molar-refractivity contribution in [3.8, 4) is 11.1 Å². The topological polar surface area (TPSA) is 85.1 Å². The summed E-state index contributed by atoms with van der Waals surface area (Å²) in [5.74, 6) is 1.63. The fraction of sp³-hybridized carbons (Fsp3) is 0.520. The molecule has 0 N–H and O–H groups in total. The van der Waals surface area contributed by atoms with E-state index in [1.165, 1.54) is 19.3 Å². The van der Waals surface area contributed by atoms with Crippen LogP contribution < -0.4 is 4.90 Å². The number of rotatable bonds is 5. The maximum Gasteiger partial charge on any atom is 0.410 e. The highest BCUT2D eigenvalue weighted by atomic mass is 16.6. The first-order valence-electron chi connectivity index (χ1n) is 12.2. The summed E-state index contributed by atoms with van der Waals surface area (Å²) in [4.78, 5) is 26.2. The smallest absolute Gasteiger partial charge is 0.410 e. The number of hydrogen-bond donors (Lipinski definition) is 0. The molecule has 5 heterocycles. The van der Waals surface area contributed by atoms with Crippen LogP contribution >= 0.6 is 0 Å². The van der Waals surface area contributed by atoms with Crippen molar-refractivity contribution in [1.82, 2.24) is 24.5 Å². The Labute approximate surface area is 198 Å². The van der Waals surface area contributed by atoms with Crippen molar-refractivity contribution >= 4 is 17.6 Å². The van der Waals surface area contributed by atoms with Crippen molar-refractivity contribution < 1.29 is 14.3 Å². The Morgan fingerprint density at radius 3 is 2.71 bits per heavy atom. The van der Waals surface area contributed by atoms with E-state index in [0.717, 1.165) is 40.6 Å². The minimum Gasteiger partial charge on any atom is -0.438 e. The first-order valence-corrected chi connectivity index (χ1v) is 12.2. The summed E-state index contributed by atoms with van der Waals surface area (Å²) >= 11 is 0. The molecule has 2 aliphatic heterocycles. The van der Waals surface area contributed by atoms with E-state index in [1.54, 1.807) is 4.90 Å². The molecule has 0 atom stereocenters. The van der Waals surface area contributed by atoms with Crippen LogP contribution in [0.2, 0.25) is 0 Å². The van der Waals surface area contributed by atoms with E-state index >= 15 is 0 Å². The van der Waals surface area contributed by atoms with Crippen molar-refractivity contribution in [1.29, 1.82) is 0 Å². The Kier molecular flexibility index (Phi) is 5.36.